The summed E-state index contributed by atoms with van der Waals surface area (Å²) in [6.45, 7) is 0.496. The summed E-state index contributed by atoms with van der Waals surface area (Å²) in [7, 11) is 0. The highest BCUT2D eigenvalue weighted by atomic mass is 16.5. The molecule has 0 atom stereocenters. The zero-order valence-electron chi connectivity index (χ0n) is 13.6. The third-order valence-corrected chi connectivity index (χ3v) is 3.88. The molecule has 0 saturated carbocycles. The summed E-state index contributed by atoms with van der Waals surface area (Å²) in [5.41, 5.74) is 1.75. The second-order valence-corrected chi connectivity index (χ2v) is 5.64. The summed E-state index contributed by atoms with van der Waals surface area (Å²) >= 11 is 0. The Labute approximate surface area is 145 Å². The Bertz CT molecular complexity index is 842. The monoisotopic (exact) mass is 335 g/mol. The fourth-order valence-electron chi connectivity index (χ4n) is 2.70. The van der Waals surface area contributed by atoms with Crippen LogP contribution in [-0.4, -0.2) is 25.0 Å². The summed E-state index contributed by atoms with van der Waals surface area (Å²) in [5, 5.41) is 11.8. The van der Waals surface area contributed by atoms with Gasteiger partial charge in [-0.3, -0.25) is 9.59 Å². The van der Waals surface area contributed by atoms with Crippen LogP contribution in [0.1, 0.15) is 18.4 Å². The highest BCUT2D eigenvalue weighted by molar-refractivity contribution is 5.97. The van der Waals surface area contributed by atoms with Crippen molar-refractivity contribution in [2.75, 3.05) is 23.4 Å². The van der Waals surface area contributed by atoms with Crippen LogP contribution in [0.5, 0.6) is 5.75 Å². The molecule has 1 aliphatic heterocycles. The van der Waals surface area contributed by atoms with Gasteiger partial charge >= 0.3 is 0 Å². The summed E-state index contributed by atoms with van der Waals surface area (Å²) in [4.78, 5) is 25.6. The average Bonchev–Trinajstić information content (AvgIpc) is 3.06. The molecule has 1 aliphatic rings. The largest absolute Gasteiger partial charge is 0.482 e. The molecule has 1 heterocycles. The second-order valence-electron chi connectivity index (χ2n) is 5.64. The average molecular weight is 335 g/mol. The van der Waals surface area contributed by atoms with Crippen LogP contribution in [0.3, 0.4) is 0 Å². The smallest absolute Gasteiger partial charge is 0.262 e. The van der Waals surface area contributed by atoms with Gasteiger partial charge in [0.05, 0.1) is 5.56 Å². The zero-order chi connectivity index (χ0) is 17.6. The molecule has 2 aromatic rings. The van der Waals surface area contributed by atoms with Crippen LogP contribution in [0.25, 0.3) is 0 Å². The maximum Gasteiger partial charge on any atom is 0.262 e. The molecule has 25 heavy (non-hydrogen) atoms. The Morgan fingerprint density at radius 3 is 2.84 bits per heavy atom. The number of para-hydroxylation sites is 1. The lowest BCUT2D eigenvalue weighted by molar-refractivity contribution is -0.118. The van der Waals surface area contributed by atoms with E-state index in [1.165, 1.54) is 0 Å². The molecule has 2 aromatic carbocycles. The first-order valence-corrected chi connectivity index (χ1v) is 7.99. The Hall–Kier alpha value is -3.33. The highest BCUT2D eigenvalue weighted by Gasteiger charge is 2.21. The van der Waals surface area contributed by atoms with Gasteiger partial charge < -0.3 is 15.0 Å². The molecule has 1 fully saturated rings. The van der Waals surface area contributed by atoms with Crippen molar-refractivity contribution in [1.82, 2.24) is 0 Å². The van der Waals surface area contributed by atoms with Crippen molar-refractivity contribution in [3.63, 3.8) is 0 Å². The first kappa shape index (κ1) is 16.5. The van der Waals surface area contributed by atoms with E-state index < -0.39 is 0 Å². The fourth-order valence-corrected chi connectivity index (χ4v) is 2.70. The van der Waals surface area contributed by atoms with Crippen molar-refractivity contribution in [3.05, 3.63) is 54.1 Å². The molecular formula is C19H17N3O3. The van der Waals surface area contributed by atoms with Crippen LogP contribution < -0.4 is 15.0 Å². The molecule has 1 N–H and O–H groups in total. The zero-order valence-corrected chi connectivity index (χ0v) is 13.6. The van der Waals surface area contributed by atoms with Crippen LogP contribution in [0.2, 0.25) is 0 Å². The molecule has 0 aliphatic carbocycles. The molecule has 0 spiro atoms. The van der Waals surface area contributed by atoms with Crippen LogP contribution in [-0.2, 0) is 9.59 Å². The van der Waals surface area contributed by atoms with E-state index in [4.69, 9.17) is 10.00 Å². The molecule has 2 amide bonds. The van der Waals surface area contributed by atoms with Gasteiger partial charge in [-0.25, -0.2) is 0 Å². The van der Waals surface area contributed by atoms with E-state index in [0.29, 0.717) is 30.0 Å². The van der Waals surface area contributed by atoms with Crippen LogP contribution in [0.15, 0.2) is 48.5 Å². The van der Waals surface area contributed by atoms with Crippen LogP contribution in [0.4, 0.5) is 11.4 Å². The van der Waals surface area contributed by atoms with E-state index in [-0.39, 0.29) is 18.4 Å². The van der Waals surface area contributed by atoms with Gasteiger partial charge in [-0.2, -0.15) is 5.26 Å². The van der Waals surface area contributed by atoms with E-state index in [1.807, 2.05) is 12.1 Å². The number of rotatable bonds is 5. The number of carbonyl (C=O) groups excluding carboxylic acids is 2. The summed E-state index contributed by atoms with van der Waals surface area (Å²) in [6, 6.07) is 15.9. The standard InChI is InChI=1S/C19H17N3O3/c20-12-14-5-1-2-8-17(14)25-13-18(23)21-15-6-3-7-16(11-15)22-10-4-9-19(22)24/h1-3,5-8,11H,4,9-10,13H2,(H,21,23). The number of nitrogens with zero attached hydrogens (tertiary/aromatic N) is 2. The third-order valence-electron chi connectivity index (χ3n) is 3.88. The van der Waals surface area contributed by atoms with Gasteiger partial charge in [-0.15, -0.1) is 0 Å². The molecule has 126 valence electrons. The molecule has 6 heteroatoms. The van der Waals surface area contributed by atoms with Gasteiger partial charge in [0.25, 0.3) is 5.91 Å². The van der Waals surface area contributed by atoms with E-state index in [2.05, 4.69) is 5.32 Å². The Balaban J connectivity index is 1.61. The van der Waals surface area contributed by atoms with Gasteiger partial charge in [0.2, 0.25) is 5.91 Å². The third kappa shape index (κ3) is 3.96. The SMILES string of the molecule is N#Cc1ccccc1OCC(=O)Nc1cccc(N2CCCC2=O)c1. The molecule has 0 radical (unpaired) electrons. The molecular weight excluding hydrogens is 318 g/mol. The number of hydrogen-bond donors (Lipinski definition) is 1. The Kier molecular flexibility index (Phi) is 4.95. The van der Waals surface area contributed by atoms with Gasteiger partial charge in [-0.05, 0) is 36.8 Å². The molecule has 1 saturated heterocycles. The van der Waals surface area contributed by atoms with E-state index >= 15 is 0 Å². The van der Waals surface area contributed by atoms with Crippen molar-refractivity contribution in [1.29, 1.82) is 5.26 Å². The molecule has 0 aromatic heterocycles. The molecule has 0 unspecified atom stereocenters. The predicted molar refractivity (Wildman–Crippen MR) is 93.3 cm³/mol. The number of nitrogens with one attached hydrogen (secondary N) is 1. The normalized spacial score (nSPS) is 13.4. The maximum atomic E-state index is 12.1. The second kappa shape index (κ2) is 7.49. The van der Waals surface area contributed by atoms with Gasteiger partial charge in [-0.1, -0.05) is 18.2 Å². The number of amides is 2. The lowest BCUT2D eigenvalue weighted by atomic mass is 10.2. The minimum Gasteiger partial charge on any atom is -0.482 e. The molecule has 6 nitrogen and oxygen atoms in total. The highest BCUT2D eigenvalue weighted by Crippen LogP contribution is 2.24. The Morgan fingerprint density at radius 2 is 2.08 bits per heavy atom. The van der Waals surface area contributed by atoms with E-state index in [9.17, 15) is 9.59 Å². The van der Waals surface area contributed by atoms with E-state index in [0.717, 1.165) is 12.1 Å². The topological polar surface area (TPSA) is 82.4 Å². The van der Waals surface area contributed by atoms with Gasteiger partial charge in [0.15, 0.2) is 6.61 Å². The fraction of sp³-hybridized carbons (Fsp3) is 0.211. The van der Waals surface area contributed by atoms with Gasteiger partial charge in [0.1, 0.15) is 11.8 Å². The van der Waals surface area contributed by atoms with Crippen LogP contribution in [0, 0.1) is 11.3 Å². The van der Waals surface area contributed by atoms with E-state index in [1.54, 1.807) is 47.4 Å². The van der Waals surface area contributed by atoms with Crippen molar-refractivity contribution in [3.8, 4) is 11.8 Å². The predicted octanol–water partition coefficient (Wildman–Crippen LogP) is 2.70. The van der Waals surface area contributed by atoms with Crippen molar-refractivity contribution < 1.29 is 14.3 Å². The number of nitriles is 1. The Morgan fingerprint density at radius 1 is 1.24 bits per heavy atom. The first-order chi connectivity index (χ1) is 12.2. The number of carbonyl (C=O) groups is 2. The summed E-state index contributed by atoms with van der Waals surface area (Å²) < 4.78 is 5.41. The maximum absolute atomic E-state index is 12.1. The first-order valence-electron chi connectivity index (χ1n) is 7.99. The minimum atomic E-state index is -0.336. The number of benzene rings is 2. The van der Waals surface area contributed by atoms with Crippen molar-refractivity contribution >= 4 is 23.2 Å². The number of ether oxygens (including phenoxy) is 1. The van der Waals surface area contributed by atoms with Crippen LogP contribution >= 0.6 is 0 Å². The van der Waals surface area contributed by atoms with Crippen molar-refractivity contribution in [2.45, 2.75) is 12.8 Å². The lowest BCUT2D eigenvalue weighted by Gasteiger charge is -2.16. The van der Waals surface area contributed by atoms with Gasteiger partial charge in [0, 0.05) is 24.3 Å². The van der Waals surface area contributed by atoms with Crippen molar-refractivity contribution in [2.24, 2.45) is 0 Å². The number of anilines is 2. The number of hydrogen-bond acceptors (Lipinski definition) is 4. The summed E-state index contributed by atoms with van der Waals surface area (Å²) in [5.74, 6) is 0.133. The minimum absolute atomic E-state index is 0.0971. The summed E-state index contributed by atoms with van der Waals surface area (Å²) in [6.07, 6.45) is 1.41. The molecule has 0 bridgehead atoms. The quantitative estimate of drug-likeness (QED) is 0.911. The molecule has 3 rings (SSSR count). The lowest BCUT2D eigenvalue weighted by Crippen LogP contribution is -2.24.